The molecular formula is C14H18N2O. The van der Waals surface area contributed by atoms with Gasteiger partial charge in [-0.3, -0.25) is 4.79 Å². The molecule has 0 saturated heterocycles. The minimum Gasteiger partial charge on any atom is -0.345 e. The summed E-state index contributed by atoms with van der Waals surface area (Å²) in [7, 11) is 0. The first-order chi connectivity index (χ1) is 8.16. The summed E-state index contributed by atoms with van der Waals surface area (Å²) in [5.41, 5.74) is 7.02. The number of carbonyl (C=O) groups excluding carboxylic acids is 1. The summed E-state index contributed by atoms with van der Waals surface area (Å²) in [5, 5.41) is 2.74. The largest absolute Gasteiger partial charge is 0.345 e. The molecule has 90 valence electrons. The summed E-state index contributed by atoms with van der Waals surface area (Å²) in [6, 6.07) is 9.34. The molecule has 0 heterocycles. The third kappa shape index (κ3) is 3.93. The molecule has 0 radical (unpaired) electrons. The maximum Gasteiger partial charge on any atom is 0.225 e. The molecule has 0 aromatic heterocycles. The molecule has 0 spiro atoms. The van der Waals surface area contributed by atoms with E-state index in [0.29, 0.717) is 6.54 Å². The molecule has 1 aromatic carbocycles. The van der Waals surface area contributed by atoms with Crippen molar-refractivity contribution in [1.29, 1.82) is 0 Å². The van der Waals surface area contributed by atoms with Gasteiger partial charge in [0.1, 0.15) is 0 Å². The average Bonchev–Trinajstić information content (AvgIpc) is 2.38. The maximum absolute atomic E-state index is 11.8. The van der Waals surface area contributed by atoms with Crippen LogP contribution < -0.4 is 11.1 Å². The predicted octanol–water partition coefficient (Wildman–Crippen LogP) is 1.46. The second kappa shape index (κ2) is 6.72. The lowest BCUT2D eigenvalue weighted by Crippen LogP contribution is -2.35. The molecule has 3 heteroatoms. The highest BCUT2D eigenvalue weighted by atomic mass is 16.1. The Kier molecular flexibility index (Phi) is 5.25. The number of hydrogen-bond donors (Lipinski definition) is 2. The van der Waals surface area contributed by atoms with Gasteiger partial charge in [-0.15, -0.1) is 5.92 Å². The van der Waals surface area contributed by atoms with Gasteiger partial charge in [0.05, 0.1) is 12.5 Å². The summed E-state index contributed by atoms with van der Waals surface area (Å²) in [6.07, 6.45) is 0. The standard InChI is InChI=1S/C14H18N2O/c1-3-4-10-16-14(17)11(2)13(15)12-8-6-5-7-9-12/h5-9,11,13H,10,15H2,1-2H3,(H,16,17). The van der Waals surface area contributed by atoms with Crippen molar-refractivity contribution in [3.05, 3.63) is 35.9 Å². The van der Waals surface area contributed by atoms with E-state index in [4.69, 9.17) is 5.73 Å². The van der Waals surface area contributed by atoms with E-state index >= 15 is 0 Å². The van der Waals surface area contributed by atoms with Crippen LogP contribution in [0.3, 0.4) is 0 Å². The van der Waals surface area contributed by atoms with Crippen LogP contribution in [-0.4, -0.2) is 12.5 Å². The van der Waals surface area contributed by atoms with Gasteiger partial charge in [-0.25, -0.2) is 0 Å². The van der Waals surface area contributed by atoms with Crippen molar-refractivity contribution in [2.45, 2.75) is 19.9 Å². The summed E-state index contributed by atoms with van der Waals surface area (Å²) in [5.74, 6) is 5.18. The summed E-state index contributed by atoms with van der Waals surface area (Å²) in [6.45, 7) is 3.94. The van der Waals surface area contributed by atoms with Gasteiger partial charge in [0, 0.05) is 6.04 Å². The van der Waals surface area contributed by atoms with Crippen LogP contribution in [0.2, 0.25) is 0 Å². The topological polar surface area (TPSA) is 55.1 Å². The lowest BCUT2D eigenvalue weighted by molar-refractivity contribution is -0.124. The van der Waals surface area contributed by atoms with Gasteiger partial charge in [0.2, 0.25) is 5.91 Å². The molecule has 17 heavy (non-hydrogen) atoms. The fourth-order valence-corrected chi connectivity index (χ4v) is 1.51. The Morgan fingerprint density at radius 3 is 2.65 bits per heavy atom. The van der Waals surface area contributed by atoms with Crippen LogP contribution in [0.15, 0.2) is 30.3 Å². The van der Waals surface area contributed by atoms with Crippen molar-refractivity contribution < 1.29 is 4.79 Å². The molecular weight excluding hydrogens is 212 g/mol. The van der Waals surface area contributed by atoms with Gasteiger partial charge >= 0.3 is 0 Å². The fourth-order valence-electron chi connectivity index (χ4n) is 1.51. The number of nitrogens with one attached hydrogen (secondary N) is 1. The normalized spacial score (nSPS) is 13.1. The van der Waals surface area contributed by atoms with Crippen molar-refractivity contribution in [1.82, 2.24) is 5.32 Å². The van der Waals surface area contributed by atoms with Crippen molar-refractivity contribution >= 4 is 5.91 Å². The van der Waals surface area contributed by atoms with E-state index in [1.54, 1.807) is 6.92 Å². The number of hydrogen-bond acceptors (Lipinski definition) is 2. The second-order valence-corrected chi connectivity index (χ2v) is 3.87. The lowest BCUT2D eigenvalue weighted by Gasteiger charge is -2.19. The van der Waals surface area contributed by atoms with Gasteiger partial charge in [0.25, 0.3) is 0 Å². The molecule has 0 aliphatic heterocycles. The van der Waals surface area contributed by atoms with E-state index in [2.05, 4.69) is 17.2 Å². The van der Waals surface area contributed by atoms with Crippen LogP contribution in [0.1, 0.15) is 25.5 Å². The van der Waals surface area contributed by atoms with E-state index in [9.17, 15) is 4.79 Å². The van der Waals surface area contributed by atoms with Crippen LogP contribution in [0.4, 0.5) is 0 Å². The Morgan fingerprint density at radius 1 is 1.41 bits per heavy atom. The van der Waals surface area contributed by atoms with E-state index < -0.39 is 0 Å². The SMILES string of the molecule is CC#CCNC(=O)C(C)C(N)c1ccccc1. The highest BCUT2D eigenvalue weighted by Gasteiger charge is 2.21. The van der Waals surface area contributed by atoms with Crippen LogP contribution in [0, 0.1) is 17.8 Å². The highest BCUT2D eigenvalue weighted by molar-refractivity contribution is 5.79. The van der Waals surface area contributed by atoms with Crippen molar-refractivity contribution in [3.8, 4) is 11.8 Å². The number of carbonyl (C=O) groups is 1. The first-order valence-electron chi connectivity index (χ1n) is 5.64. The molecule has 0 aliphatic rings. The van der Waals surface area contributed by atoms with E-state index in [0.717, 1.165) is 5.56 Å². The summed E-state index contributed by atoms with van der Waals surface area (Å²) < 4.78 is 0. The van der Waals surface area contributed by atoms with Crippen molar-refractivity contribution in [2.75, 3.05) is 6.54 Å². The Bertz CT molecular complexity index is 417. The smallest absolute Gasteiger partial charge is 0.225 e. The fraction of sp³-hybridized carbons (Fsp3) is 0.357. The Morgan fingerprint density at radius 2 is 2.06 bits per heavy atom. The lowest BCUT2D eigenvalue weighted by atomic mass is 9.95. The minimum absolute atomic E-state index is 0.0656. The number of benzene rings is 1. The maximum atomic E-state index is 11.8. The molecule has 3 N–H and O–H groups in total. The Labute approximate surface area is 102 Å². The zero-order chi connectivity index (χ0) is 12.7. The van der Waals surface area contributed by atoms with Gasteiger partial charge in [-0.05, 0) is 12.5 Å². The number of amides is 1. The third-order valence-corrected chi connectivity index (χ3v) is 2.66. The van der Waals surface area contributed by atoms with Gasteiger partial charge < -0.3 is 11.1 Å². The average molecular weight is 230 g/mol. The first-order valence-corrected chi connectivity index (χ1v) is 5.64. The van der Waals surface area contributed by atoms with Gasteiger partial charge in [-0.2, -0.15) is 0 Å². The first kappa shape index (κ1) is 13.3. The van der Waals surface area contributed by atoms with Crippen LogP contribution in [0.5, 0.6) is 0 Å². The van der Waals surface area contributed by atoms with Crippen LogP contribution >= 0.6 is 0 Å². The third-order valence-electron chi connectivity index (χ3n) is 2.66. The second-order valence-electron chi connectivity index (χ2n) is 3.87. The molecule has 0 fully saturated rings. The predicted molar refractivity (Wildman–Crippen MR) is 69.0 cm³/mol. The quantitative estimate of drug-likeness (QED) is 0.769. The monoisotopic (exact) mass is 230 g/mol. The molecule has 2 atom stereocenters. The number of rotatable bonds is 4. The zero-order valence-electron chi connectivity index (χ0n) is 10.2. The Hall–Kier alpha value is -1.79. The molecule has 1 rings (SSSR count). The van der Waals surface area contributed by atoms with E-state index in [1.165, 1.54) is 0 Å². The molecule has 0 bridgehead atoms. The van der Waals surface area contributed by atoms with Crippen molar-refractivity contribution in [3.63, 3.8) is 0 Å². The van der Waals surface area contributed by atoms with Crippen molar-refractivity contribution in [2.24, 2.45) is 11.7 Å². The molecule has 0 saturated carbocycles. The van der Waals surface area contributed by atoms with E-state index in [1.807, 2.05) is 37.3 Å². The van der Waals surface area contributed by atoms with Crippen LogP contribution in [0.25, 0.3) is 0 Å². The van der Waals surface area contributed by atoms with Gasteiger partial charge in [0.15, 0.2) is 0 Å². The molecule has 1 aromatic rings. The molecule has 3 nitrogen and oxygen atoms in total. The molecule has 1 amide bonds. The summed E-state index contributed by atoms with van der Waals surface area (Å²) >= 11 is 0. The Balaban J connectivity index is 2.59. The van der Waals surface area contributed by atoms with E-state index in [-0.39, 0.29) is 17.9 Å². The minimum atomic E-state index is -0.286. The number of nitrogens with two attached hydrogens (primary N) is 1. The summed E-state index contributed by atoms with van der Waals surface area (Å²) in [4.78, 5) is 11.8. The van der Waals surface area contributed by atoms with Gasteiger partial charge in [-0.1, -0.05) is 43.2 Å². The van der Waals surface area contributed by atoms with Crippen LogP contribution in [-0.2, 0) is 4.79 Å². The molecule has 0 aliphatic carbocycles. The zero-order valence-corrected chi connectivity index (χ0v) is 10.2. The highest BCUT2D eigenvalue weighted by Crippen LogP contribution is 2.18. The molecule has 2 unspecified atom stereocenters.